The van der Waals surface area contributed by atoms with Crippen LogP contribution in [0.4, 0.5) is 0 Å². The predicted octanol–water partition coefficient (Wildman–Crippen LogP) is -0.715. The van der Waals surface area contributed by atoms with Crippen molar-refractivity contribution in [3.63, 3.8) is 0 Å². The molecular weight excluding hydrogens is 251 g/mol. The van der Waals surface area contributed by atoms with Crippen LogP contribution in [0, 0.1) is 0 Å². The Morgan fingerprint density at radius 2 is 1.95 bits per heavy atom. The molecule has 7 nitrogen and oxygen atoms in total. The van der Waals surface area contributed by atoms with Crippen LogP contribution in [0.1, 0.15) is 38.5 Å². The minimum Gasteiger partial charge on any atom is -0.353 e. The Bertz CT molecular complexity index is 345. The third-order valence-corrected chi connectivity index (χ3v) is 2.66. The number of carbonyl (C=O) groups excluding carboxylic acids is 4. The number of hydrogen-bond acceptors (Lipinski definition) is 6. The zero-order valence-electron chi connectivity index (χ0n) is 10.7. The van der Waals surface area contributed by atoms with Crippen molar-refractivity contribution in [3.8, 4) is 0 Å². The summed E-state index contributed by atoms with van der Waals surface area (Å²) in [5.41, 5.74) is 0. The second-order valence-corrected chi connectivity index (χ2v) is 4.23. The van der Waals surface area contributed by atoms with E-state index in [1.165, 1.54) is 0 Å². The van der Waals surface area contributed by atoms with Gasteiger partial charge in [0.05, 0.1) is 6.19 Å². The molecule has 0 aromatic heterocycles. The van der Waals surface area contributed by atoms with Gasteiger partial charge in [-0.3, -0.25) is 9.59 Å². The maximum Gasteiger partial charge on any atom is 0.333 e. The minimum absolute atomic E-state index is 0.106. The van der Waals surface area contributed by atoms with Crippen LogP contribution in [0.2, 0.25) is 0 Å². The Kier molecular flexibility index (Phi) is 6.80. The van der Waals surface area contributed by atoms with E-state index in [0.29, 0.717) is 18.9 Å². The van der Waals surface area contributed by atoms with Crippen LogP contribution in [0.3, 0.4) is 0 Å². The number of unbranched alkanes of at least 4 members (excludes halogenated alkanes) is 2. The summed E-state index contributed by atoms with van der Waals surface area (Å²) in [5, 5.41) is 3.48. The van der Waals surface area contributed by atoms with Gasteiger partial charge in [-0.05, 0) is 19.4 Å². The van der Waals surface area contributed by atoms with Crippen molar-refractivity contribution in [2.45, 2.75) is 38.5 Å². The number of nitrogens with zero attached hydrogens (tertiary/aromatic N) is 1. The van der Waals surface area contributed by atoms with E-state index in [0.717, 1.165) is 25.6 Å². The molecule has 19 heavy (non-hydrogen) atoms. The molecule has 2 amide bonds. The summed E-state index contributed by atoms with van der Waals surface area (Å²) in [4.78, 5) is 48.5. The first-order chi connectivity index (χ1) is 9.15. The summed E-state index contributed by atoms with van der Waals surface area (Å²) in [6.07, 6.45) is 3.46. The smallest absolute Gasteiger partial charge is 0.333 e. The molecule has 0 atom stereocenters. The van der Waals surface area contributed by atoms with Gasteiger partial charge in [-0.15, -0.1) is 5.06 Å². The van der Waals surface area contributed by atoms with Crippen LogP contribution in [0.5, 0.6) is 0 Å². The molecule has 1 saturated heterocycles. The van der Waals surface area contributed by atoms with E-state index >= 15 is 0 Å². The topological polar surface area (TPSA) is 92.8 Å². The molecule has 1 fully saturated rings. The Morgan fingerprint density at radius 1 is 1.26 bits per heavy atom. The fourth-order valence-electron chi connectivity index (χ4n) is 1.66. The summed E-state index contributed by atoms with van der Waals surface area (Å²) >= 11 is 0. The van der Waals surface area contributed by atoms with Crippen molar-refractivity contribution in [3.05, 3.63) is 0 Å². The lowest BCUT2D eigenvalue weighted by molar-refractivity contribution is -0.197. The van der Waals surface area contributed by atoms with Crippen LogP contribution >= 0.6 is 0 Å². The summed E-state index contributed by atoms with van der Waals surface area (Å²) in [7, 11) is 0.335. The van der Waals surface area contributed by atoms with Crippen LogP contribution in [-0.4, -0.2) is 43.0 Å². The van der Waals surface area contributed by atoms with Crippen LogP contribution in [-0.2, 0) is 24.0 Å². The Balaban J connectivity index is 2.06. The minimum atomic E-state index is -0.565. The van der Waals surface area contributed by atoms with Gasteiger partial charge < -0.3 is 14.9 Å². The van der Waals surface area contributed by atoms with Gasteiger partial charge in [-0.25, -0.2) is 4.79 Å². The van der Waals surface area contributed by atoms with Crippen LogP contribution in [0.15, 0.2) is 0 Å². The number of imide groups is 1. The first-order valence-electron chi connectivity index (χ1n) is 6.36. The first kappa shape index (κ1) is 15.4. The van der Waals surface area contributed by atoms with E-state index in [4.69, 9.17) is 4.84 Å². The van der Waals surface area contributed by atoms with E-state index < -0.39 is 17.8 Å². The number of nitrogens with one attached hydrogen (secondary N) is 1. The number of rotatable bonds is 9. The summed E-state index contributed by atoms with van der Waals surface area (Å²) in [5.74, 6) is -1.49. The molecule has 0 aliphatic carbocycles. The third-order valence-electron chi connectivity index (χ3n) is 2.66. The number of amides is 2. The highest BCUT2D eigenvalue weighted by Crippen LogP contribution is 2.13. The molecule has 1 N–H and O–H groups in total. The van der Waals surface area contributed by atoms with Gasteiger partial charge >= 0.3 is 5.97 Å². The molecular formula is C11H17BN2O5. The standard InChI is InChI=1S/C11H17BN2O5/c15-8-12-13-7-3-1-2-4-11(18)19-14-9(16)5-6-10(14)17/h8,12-13H,1-7H2. The molecule has 1 aliphatic rings. The highest BCUT2D eigenvalue weighted by Gasteiger charge is 2.32. The van der Waals surface area contributed by atoms with Crippen molar-refractivity contribution in [1.82, 2.24) is 10.3 Å². The zero-order chi connectivity index (χ0) is 14.1. The van der Waals surface area contributed by atoms with Crippen molar-refractivity contribution in [2.75, 3.05) is 6.54 Å². The predicted molar refractivity (Wildman–Crippen MR) is 67.5 cm³/mol. The summed E-state index contributed by atoms with van der Waals surface area (Å²) < 4.78 is 0. The quantitative estimate of drug-likeness (QED) is 0.257. The van der Waals surface area contributed by atoms with Gasteiger partial charge in [-0.2, -0.15) is 0 Å². The molecule has 0 saturated carbocycles. The van der Waals surface area contributed by atoms with E-state index in [1.54, 1.807) is 0 Å². The van der Waals surface area contributed by atoms with Crippen LogP contribution < -0.4 is 5.23 Å². The lowest BCUT2D eigenvalue weighted by Crippen LogP contribution is -2.31. The number of carbonyl (C=O) groups is 4. The lowest BCUT2D eigenvalue weighted by Gasteiger charge is -2.12. The Morgan fingerprint density at radius 3 is 2.58 bits per heavy atom. The van der Waals surface area contributed by atoms with Crippen LogP contribution in [0.25, 0.3) is 0 Å². The number of hydroxylamine groups is 2. The van der Waals surface area contributed by atoms with E-state index in [-0.39, 0.29) is 19.3 Å². The molecule has 1 aliphatic heterocycles. The van der Waals surface area contributed by atoms with Gasteiger partial charge in [-0.1, -0.05) is 6.42 Å². The molecule has 1 rings (SSSR count). The fraction of sp³-hybridized carbons (Fsp3) is 0.636. The van der Waals surface area contributed by atoms with Gasteiger partial charge in [0.25, 0.3) is 19.2 Å². The molecule has 0 aromatic rings. The normalized spacial score (nSPS) is 14.6. The lowest BCUT2D eigenvalue weighted by atomic mass is 9.99. The van der Waals surface area contributed by atoms with Crippen molar-refractivity contribution < 1.29 is 24.0 Å². The summed E-state index contributed by atoms with van der Waals surface area (Å²) in [6.45, 7) is 0.719. The maximum atomic E-state index is 11.4. The zero-order valence-corrected chi connectivity index (χ0v) is 10.7. The Hall–Kier alpha value is -1.70. The monoisotopic (exact) mass is 268 g/mol. The number of hydrogen-bond donors (Lipinski definition) is 1. The fourth-order valence-corrected chi connectivity index (χ4v) is 1.66. The van der Waals surface area contributed by atoms with Crippen molar-refractivity contribution >= 4 is 31.4 Å². The second-order valence-electron chi connectivity index (χ2n) is 4.23. The maximum absolute atomic E-state index is 11.4. The Labute approximate surface area is 111 Å². The SMILES string of the molecule is O=CBNCCCCCC(=O)ON1C(=O)CCC1=O. The second kappa shape index (κ2) is 8.41. The molecule has 0 aromatic carbocycles. The molecule has 1 heterocycles. The van der Waals surface area contributed by atoms with Gasteiger partial charge in [0.15, 0.2) is 0 Å². The molecule has 0 unspecified atom stereocenters. The average molecular weight is 268 g/mol. The highest BCUT2D eigenvalue weighted by atomic mass is 16.7. The molecule has 0 radical (unpaired) electrons. The van der Waals surface area contributed by atoms with Crippen molar-refractivity contribution in [1.29, 1.82) is 0 Å². The third kappa shape index (κ3) is 5.65. The molecule has 104 valence electrons. The molecule has 8 heteroatoms. The molecule has 0 bridgehead atoms. The largest absolute Gasteiger partial charge is 0.353 e. The van der Waals surface area contributed by atoms with E-state index in [9.17, 15) is 19.2 Å². The first-order valence-corrected chi connectivity index (χ1v) is 6.36. The van der Waals surface area contributed by atoms with E-state index in [1.807, 2.05) is 0 Å². The van der Waals surface area contributed by atoms with Gasteiger partial charge in [0.2, 0.25) is 0 Å². The highest BCUT2D eigenvalue weighted by molar-refractivity contribution is 6.64. The van der Waals surface area contributed by atoms with Gasteiger partial charge in [0, 0.05) is 19.3 Å². The molecule has 0 spiro atoms. The average Bonchev–Trinajstić information content (AvgIpc) is 2.69. The van der Waals surface area contributed by atoms with Gasteiger partial charge in [0.1, 0.15) is 0 Å². The van der Waals surface area contributed by atoms with E-state index in [2.05, 4.69) is 5.23 Å². The van der Waals surface area contributed by atoms with Crippen molar-refractivity contribution in [2.24, 2.45) is 0 Å². The summed E-state index contributed by atoms with van der Waals surface area (Å²) in [6, 6.07) is 0.